The predicted molar refractivity (Wildman–Crippen MR) is 101 cm³/mol. The van der Waals surface area contributed by atoms with E-state index in [4.69, 9.17) is 0 Å². The molecule has 2 heterocycles. The van der Waals surface area contributed by atoms with Crippen LogP contribution in [-0.4, -0.2) is 9.97 Å². The van der Waals surface area contributed by atoms with Crippen LogP contribution >= 0.6 is 0 Å². The molecule has 2 aromatic carbocycles. The molecule has 0 atom stereocenters. The van der Waals surface area contributed by atoms with E-state index in [2.05, 4.69) is 23.8 Å². The summed E-state index contributed by atoms with van der Waals surface area (Å²) in [7, 11) is 0. The number of rotatable bonds is 2. The molecule has 0 fully saturated rings. The highest BCUT2D eigenvalue weighted by Gasteiger charge is 2.15. The zero-order valence-corrected chi connectivity index (χ0v) is 14.8. The van der Waals surface area contributed by atoms with Crippen molar-refractivity contribution < 1.29 is 8.78 Å². The zero-order valence-electron chi connectivity index (χ0n) is 14.8. The Kier molecular flexibility index (Phi) is 3.91. The van der Waals surface area contributed by atoms with Gasteiger partial charge in [0.25, 0.3) is 0 Å². The lowest BCUT2D eigenvalue weighted by atomic mass is 9.93. The maximum atomic E-state index is 14.6. The number of pyridine rings is 2. The van der Waals surface area contributed by atoms with Gasteiger partial charge in [-0.1, -0.05) is 19.9 Å². The normalized spacial score (nSPS) is 11.6. The van der Waals surface area contributed by atoms with Crippen molar-refractivity contribution in [2.75, 3.05) is 0 Å². The van der Waals surface area contributed by atoms with Crippen LogP contribution in [0.3, 0.4) is 0 Å². The summed E-state index contributed by atoms with van der Waals surface area (Å²) in [5.74, 6) is -0.434. The zero-order chi connectivity index (χ0) is 18.4. The summed E-state index contributed by atoms with van der Waals surface area (Å²) in [5.41, 5.74) is 3.86. The lowest BCUT2D eigenvalue weighted by Crippen LogP contribution is -1.96. The number of hydrogen-bond donors (Lipinski definition) is 0. The van der Waals surface area contributed by atoms with Crippen LogP contribution in [-0.2, 0) is 0 Å². The Morgan fingerprint density at radius 1 is 0.885 bits per heavy atom. The van der Waals surface area contributed by atoms with Gasteiger partial charge in [0, 0.05) is 34.9 Å². The van der Waals surface area contributed by atoms with E-state index in [1.165, 1.54) is 18.3 Å². The first-order valence-corrected chi connectivity index (χ1v) is 8.58. The molecule has 4 rings (SSSR count). The van der Waals surface area contributed by atoms with E-state index in [0.29, 0.717) is 10.9 Å². The first-order valence-electron chi connectivity index (χ1n) is 8.58. The third-order valence-electron chi connectivity index (χ3n) is 4.92. The molecule has 0 bridgehead atoms. The summed E-state index contributed by atoms with van der Waals surface area (Å²) in [6.07, 6.45) is 4.81. The van der Waals surface area contributed by atoms with E-state index < -0.39 is 0 Å². The summed E-state index contributed by atoms with van der Waals surface area (Å²) in [4.78, 5) is 8.35. The molecule has 4 aromatic rings. The maximum Gasteiger partial charge on any atom is 0.149 e. The van der Waals surface area contributed by atoms with E-state index in [-0.39, 0.29) is 17.6 Å². The first-order chi connectivity index (χ1) is 12.5. The van der Waals surface area contributed by atoms with Crippen LogP contribution in [0.1, 0.15) is 30.9 Å². The highest BCUT2D eigenvalue weighted by molar-refractivity contribution is 5.94. The number of aromatic nitrogens is 2. The third-order valence-corrected chi connectivity index (χ3v) is 4.92. The van der Waals surface area contributed by atoms with E-state index in [0.717, 1.165) is 33.0 Å². The van der Waals surface area contributed by atoms with Gasteiger partial charge >= 0.3 is 0 Å². The van der Waals surface area contributed by atoms with Gasteiger partial charge in [-0.2, -0.15) is 0 Å². The Balaban J connectivity index is 2.02. The summed E-state index contributed by atoms with van der Waals surface area (Å²) >= 11 is 0. The van der Waals surface area contributed by atoms with Crippen LogP contribution in [0.25, 0.3) is 32.8 Å². The van der Waals surface area contributed by atoms with Gasteiger partial charge in [0.1, 0.15) is 17.2 Å². The van der Waals surface area contributed by atoms with Gasteiger partial charge in [0.15, 0.2) is 0 Å². The molecule has 0 unspecified atom stereocenters. The van der Waals surface area contributed by atoms with Gasteiger partial charge in [0.05, 0.1) is 0 Å². The molecule has 0 spiro atoms. The smallest absolute Gasteiger partial charge is 0.149 e. The van der Waals surface area contributed by atoms with E-state index in [1.807, 2.05) is 19.1 Å². The molecule has 2 nitrogen and oxygen atoms in total. The van der Waals surface area contributed by atoms with Crippen molar-refractivity contribution in [1.29, 1.82) is 0 Å². The molecule has 0 aliphatic carbocycles. The summed E-state index contributed by atoms with van der Waals surface area (Å²) < 4.78 is 28.8. The second kappa shape index (κ2) is 6.13. The number of hydrogen-bond acceptors (Lipinski definition) is 2. The minimum Gasteiger partial charge on any atom is -0.264 e. The Hall–Kier alpha value is -2.88. The first kappa shape index (κ1) is 16.6. The lowest BCUT2D eigenvalue weighted by Gasteiger charge is -2.14. The van der Waals surface area contributed by atoms with Gasteiger partial charge in [-0.15, -0.1) is 0 Å². The van der Waals surface area contributed by atoms with Crippen LogP contribution in [0.5, 0.6) is 0 Å². The maximum absolute atomic E-state index is 14.6. The van der Waals surface area contributed by atoms with E-state index in [9.17, 15) is 8.78 Å². The van der Waals surface area contributed by atoms with Gasteiger partial charge in [-0.25, -0.2) is 8.78 Å². The van der Waals surface area contributed by atoms with Crippen LogP contribution in [0, 0.1) is 18.6 Å². The minimum absolute atomic E-state index is 0.232. The second-order valence-corrected chi connectivity index (χ2v) is 6.86. The van der Waals surface area contributed by atoms with Crippen molar-refractivity contribution in [3.8, 4) is 11.1 Å². The van der Waals surface area contributed by atoms with Crippen molar-refractivity contribution in [2.45, 2.75) is 26.7 Å². The third kappa shape index (κ3) is 2.53. The predicted octanol–water partition coefficient (Wildman–Crippen LogP) is 6.16. The number of aryl methyl sites for hydroxylation is 1. The molecular weight excluding hydrogens is 330 g/mol. The topological polar surface area (TPSA) is 25.8 Å². The van der Waals surface area contributed by atoms with Crippen LogP contribution in [0.2, 0.25) is 0 Å². The average Bonchev–Trinajstić information content (AvgIpc) is 2.64. The molecule has 26 heavy (non-hydrogen) atoms. The SMILES string of the molecule is Cc1c(-c2cnc3c(F)ccc(C(C)C)c3c2)cc(F)c2cnccc12. The van der Waals surface area contributed by atoms with Gasteiger partial charge in [0.2, 0.25) is 0 Å². The summed E-state index contributed by atoms with van der Waals surface area (Å²) in [5, 5.41) is 2.09. The van der Waals surface area contributed by atoms with Crippen molar-refractivity contribution in [3.05, 3.63) is 71.7 Å². The summed E-state index contributed by atoms with van der Waals surface area (Å²) in [6.45, 7) is 6.08. The van der Waals surface area contributed by atoms with Crippen LogP contribution in [0.15, 0.2) is 48.9 Å². The fourth-order valence-corrected chi connectivity index (χ4v) is 3.53. The highest BCUT2D eigenvalue weighted by atomic mass is 19.1. The molecule has 0 saturated heterocycles. The highest BCUT2D eigenvalue weighted by Crippen LogP contribution is 2.34. The molecular formula is C22H18F2N2. The number of benzene rings is 2. The average molecular weight is 348 g/mol. The molecule has 0 aliphatic rings. The van der Waals surface area contributed by atoms with E-state index in [1.54, 1.807) is 18.5 Å². The summed E-state index contributed by atoms with van der Waals surface area (Å²) in [6, 6.07) is 8.49. The fourth-order valence-electron chi connectivity index (χ4n) is 3.53. The molecule has 0 N–H and O–H groups in total. The lowest BCUT2D eigenvalue weighted by molar-refractivity contribution is 0.635. The number of fused-ring (bicyclic) bond motifs is 2. The van der Waals surface area contributed by atoms with Crippen molar-refractivity contribution in [2.24, 2.45) is 0 Å². The molecule has 2 aromatic heterocycles. The van der Waals surface area contributed by atoms with Crippen molar-refractivity contribution in [1.82, 2.24) is 9.97 Å². The molecule has 130 valence electrons. The van der Waals surface area contributed by atoms with Crippen molar-refractivity contribution >= 4 is 21.7 Å². The quantitative estimate of drug-likeness (QED) is 0.433. The standard InChI is InChI=1S/C22H18F2N2/c1-12(2)15-4-5-20(23)22-18(15)8-14(10-26-22)17-9-21(24)19-11-25-7-6-16(19)13(17)3/h4-12H,1-3H3. The monoisotopic (exact) mass is 348 g/mol. The van der Waals surface area contributed by atoms with E-state index >= 15 is 0 Å². The number of halogens is 2. The Bertz CT molecular complexity index is 1150. The number of nitrogens with zero attached hydrogens (tertiary/aromatic N) is 2. The Morgan fingerprint density at radius 2 is 1.69 bits per heavy atom. The molecule has 0 aliphatic heterocycles. The van der Waals surface area contributed by atoms with Gasteiger partial charge in [-0.05, 0) is 59.2 Å². The second-order valence-electron chi connectivity index (χ2n) is 6.86. The van der Waals surface area contributed by atoms with Crippen molar-refractivity contribution in [3.63, 3.8) is 0 Å². The molecule has 4 heteroatoms. The largest absolute Gasteiger partial charge is 0.264 e. The Morgan fingerprint density at radius 3 is 2.46 bits per heavy atom. The van der Waals surface area contributed by atoms with Crippen LogP contribution in [0.4, 0.5) is 8.78 Å². The minimum atomic E-state index is -0.344. The fraction of sp³-hybridized carbons (Fsp3) is 0.182. The molecule has 0 radical (unpaired) electrons. The Labute approximate surface area is 150 Å². The van der Waals surface area contributed by atoms with Gasteiger partial charge in [-0.3, -0.25) is 9.97 Å². The van der Waals surface area contributed by atoms with Crippen LogP contribution < -0.4 is 0 Å². The van der Waals surface area contributed by atoms with Gasteiger partial charge < -0.3 is 0 Å². The molecule has 0 saturated carbocycles. The molecule has 0 amide bonds.